The second-order valence-corrected chi connectivity index (χ2v) is 6.80. The number of rotatable bonds is 7. The highest BCUT2D eigenvalue weighted by Crippen LogP contribution is 2.28. The van der Waals surface area contributed by atoms with Crippen LogP contribution in [0, 0.1) is 0 Å². The van der Waals surface area contributed by atoms with Crippen molar-refractivity contribution >= 4 is 10.0 Å². The van der Waals surface area contributed by atoms with Crippen LogP contribution in [-0.4, -0.2) is 29.0 Å². The molecule has 0 aromatic heterocycles. The van der Waals surface area contributed by atoms with Gasteiger partial charge in [-0.25, -0.2) is 13.1 Å². The molecule has 0 heterocycles. The Balaban J connectivity index is 2.09. The van der Waals surface area contributed by atoms with E-state index in [9.17, 15) is 21.6 Å². The molecule has 0 bridgehead atoms. The van der Waals surface area contributed by atoms with Gasteiger partial charge in [0.25, 0.3) is 0 Å². The average Bonchev–Trinajstić information content (AvgIpc) is 2.58. The largest absolute Gasteiger partial charge is 0.573 e. The molecule has 10 heteroatoms. The molecule has 0 unspecified atom stereocenters. The fourth-order valence-electron chi connectivity index (χ4n) is 2.07. The van der Waals surface area contributed by atoms with E-state index in [1.807, 2.05) is 0 Å². The fraction of sp³-hybridized carbons (Fsp3) is 0.250. The zero-order valence-electron chi connectivity index (χ0n) is 13.8. The van der Waals surface area contributed by atoms with E-state index in [4.69, 9.17) is 9.47 Å². The molecule has 0 saturated heterocycles. The van der Waals surface area contributed by atoms with E-state index in [1.54, 1.807) is 18.2 Å². The van der Waals surface area contributed by atoms with Gasteiger partial charge in [-0.05, 0) is 42.0 Å². The van der Waals surface area contributed by atoms with Gasteiger partial charge in [-0.15, -0.1) is 13.2 Å². The van der Waals surface area contributed by atoms with E-state index in [0.717, 1.165) is 24.3 Å². The first-order valence-electron chi connectivity index (χ1n) is 7.21. The van der Waals surface area contributed by atoms with Gasteiger partial charge in [-0.3, -0.25) is 0 Å². The predicted octanol–water partition coefficient (Wildman–Crippen LogP) is 3.08. The molecule has 0 atom stereocenters. The quantitative estimate of drug-likeness (QED) is 0.785. The third kappa shape index (κ3) is 5.27. The highest BCUT2D eigenvalue weighted by atomic mass is 32.2. The molecule has 2 aromatic carbocycles. The van der Waals surface area contributed by atoms with E-state index < -0.39 is 22.1 Å². The summed E-state index contributed by atoms with van der Waals surface area (Å²) in [6, 6.07) is 8.81. The van der Waals surface area contributed by atoms with Crippen LogP contribution in [0.4, 0.5) is 13.2 Å². The lowest BCUT2D eigenvalue weighted by atomic mass is 10.2. The number of ether oxygens (including phenoxy) is 3. The molecule has 0 spiro atoms. The van der Waals surface area contributed by atoms with E-state index in [-0.39, 0.29) is 11.4 Å². The molecule has 2 aromatic rings. The second kappa shape index (κ2) is 7.83. The SMILES string of the molecule is COc1ccc(CNS(=O)(=O)c2ccc(OC(F)(F)F)cc2)cc1OC. The first-order chi connectivity index (χ1) is 12.1. The van der Waals surface area contributed by atoms with Crippen LogP contribution in [0.3, 0.4) is 0 Å². The number of nitrogens with one attached hydrogen (secondary N) is 1. The number of hydrogen-bond acceptors (Lipinski definition) is 5. The Morgan fingerprint density at radius 1 is 0.962 bits per heavy atom. The van der Waals surface area contributed by atoms with Gasteiger partial charge in [0.2, 0.25) is 10.0 Å². The van der Waals surface area contributed by atoms with Gasteiger partial charge in [-0.1, -0.05) is 6.07 Å². The van der Waals surface area contributed by atoms with Gasteiger partial charge in [0.1, 0.15) is 5.75 Å². The number of sulfonamides is 1. The summed E-state index contributed by atoms with van der Waals surface area (Å²) >= 11 is 0. The van der Waals surface area contributed by atoms with Crippen LogP contribution in [0.15, 0.2) is 47.4 Å². The summed E-state index contributed by atoms with van der Waals surface area (Å²) in [5, 5.41) is 0. The van der Waals surface area contributed by atoms with Crippen LogP contribution in [0.5, 0.6) is 17.2 Å². The van der Waals surface area contributed by atoms with Gasteiger partial charge in [0, 0.05) is 6.54 Å². The van der Waals surface area contributed by atoms with Crippen molar-refractivity contribution in [1.82, 2.24) is 4.72 Å². The highest BCUT2D eigenvalue weighted by Gasteiger charge is 2.31. The summed E-state index contributed by atoms with van der Waals surface area (Å²) in [5.74, 6) is 0.438. The van der Waals surface area contributed by atoms with Crippen molar-refractivity contribution in [2.24, 2.45) is 0 Å². The molecule has 0 amide bonds. The molecule has 26 heavy (non-hydrogen) atoms. The van der Waals surface area contributed by atoms with Gasteiger partial charge in [0.15, 0.2) is 11.5 Å². The predicted molar refractivity (Wildman–Crippen MR) is 86.7 cm³/mol. The molecule has 0 aliphatic carbocycles. The number of alkyl halides is 3. The monoisotopic (exact) mass is 391 g/mol. The molecule has 0 radical (unpaired) electrons. The molecule has 142 valence electrons. The van der Waals surface area contributed by atoms with E-state index in [2.05, 4.69) is 9.46 Å². The van der Waals surface area contributed by atoms with Crippen LogP contribution in [0.2, 0.25) is 0 Å². The highest BCUT2D eigenvalue weighted by molar-refractivity contribution is 7.89. The maximum atomic E-state index is 12.2. The number of benzene rings is 2. The smallest absolute Gasteiger partial charge is 0.493 e. The molecule has 0 fully saturated rings. The number of hydrogen-bond donors (Lipinski definition) is 1. The number of halogens is 3. The topological polar surface area (TPSA) is 73.9 Å². The molecular weight excluding hydrogens is 375 g/mol. The Bertz CT molecular complexity index is 851. The van der Waals surface area contributed by atoms with Crippen molar-refractivity contribution in [3.63, 3.8) is 0 Å². The standard InChI is InChI=1S/C16H16F3NO5S/c1-23-14-8-3-11(9-15(14)24-2)10-20-26(21,22)13-6-4-12(5-7-13)25-16(17,18)19/h3-9,20H,10H2,1-2H3. The normalized spacial score (nSPS) is 11.9. The fourth-order valence-corrected chi connectivity index (χ4v) is 3.09. The van der Waals surface area contributed by atoms with Crippen LogP contribution in [0.25, 0.3) is 0 Å². The Kier molecular flexibility index (Phi) is 5.98. The Morgan fingerprint density at radius 3 is 2.12 bits per heavy atom. The second-order valence-electron chi connectivity index (χ2n) is 5.03. The maximum Gasteiger partial charge on any atom is 0.573 e. The van der Waals surface area contributed by atoms with Gasteiger partial charge in [0.05, 0.1) is 19.1 Å². The van der Waals surface area contributed by atoms with Gasteiger partial charge < -0.3 is 14.2 Å². The molecule has 0 aliphatic rings. The minimum absolute atomic E-state index is 0.0382. The summed E-state index contributed by atoms with van der Waals surface area (Å²) in [5.41, 5.74) is 0.614. The zero-order chi connectivity index (χ0) is 19.4. The minimum Gasteiger partial charge on any atom is -0.493 e. The zero-order valence-corrected chi connectivity index (χ0v) is 14.6. The van der Waals surface area contributed by atoms with Gasteiger partial charge >= 0.3 is 6.36 Å². The van der Waals surface area contributed by atoms with Crippen LogP contribution in [-0.2, 0) is 16.6 Å². The molecule has 2 rings (SSSR count). The number of methoxy groups -OCH3 is 2. The molecular formula is C16H16F3NO5S. The first kappa shape index (κ1) is 19.9. The van der Waals surface area contributed by atoms with Crippen molar-refractivity contribution in [2.45, 2.75) is 17.8 Å². The van der Waals surface area contributed by atoms with E-state index in [1.165, 1.54) is 14.2 Å². The summed E-state index contributed by atoms with van der Waals surface area (Å²) in [4.78, 5) is -0.187. The molecule has 6 nitrogen and oxygen atoms in total. The third-order valence-electron chi connectivity index (χ3n) is 3.28. The van der Waals surface area contributed by atoms with E-state index >= 15 is 0 Å². The lowest BCUT2D eigenvalue weighted by molar-refractivity contribution is -0.274. The Morgan fingerprint density at radius 2 is 1.58 bits per heavy atom. The maximum absolute atomic E-state index is 12.2. The lowest BCUT2D eigenvalue weighted by Crippen LogP contribution is -2.23. The van der Waals surface area contributed by atoms with Crippen molar-refractivity contribution in [3.8, 4) is 17.2 Å². The van der Waals surface area contributed by atoms with Crippen molar-refractivity contribution in [3.05, 3.63) is 48.0 Å². The summed E-state index contributed by atoms with van der Waals surface area (Å²) in [6.07, 6.45) is -4.84. The van der Waals surface area contributed by atoms with Crippen LogP contribution in [0.1, 0.15) is 5.56 Å². The minimum atomic E-state index is -4.84. The summed E-state index contributed by atoms with van der Waals surface area (Å²) in [6.45, 7) is -0.0382. The first-order valence-corrected chi connectivity index (χ1v) is 8.69. The molecule has 1 N–H and O–H groups in total. The average molecular weight is 391 g/mol. The van der Waals surface area contributed by atoms with Crippen molar-refractivity contribution in [1.29, 1.82) is 0 Å². The summed E-state index contributed by atoms with van der Waals surface area (Å²) < 4.78 is 77.2. The Hall–Kier alpha value is -2.46. The lowest BCUT2D eigenvalue weighted by Gasteiger charge is -2.11. The molecule has 0 aliphatic heterocycles. The van der Waals surface area contributed by atoms with Crippen molar-refractivity contribution in [2.75, 3.05) is 14.2 Å². The molecule has 0 saturated carbocycles. The van der Waals surface area contributed by atoms with Gasteiger partial charge in [-0.2, -0.15) is 0 Å². The summed E-state index contributed by atoms with van der Waals surface area (Å²) in [7, 11) is -0.980. The Labute approximate surface area is 148 Å². The van der Waals surface area contributed by atoms with E-state index in [0.29, 0.717) is 17.1 Å². The third-order valence-corrected chi connectivity index (χ3v) is 4.70. The van der Waals surface area contributed by atoms with Crippen molar-refractivity contribution < 1.29 is 35.8 Å². The van der Waals surface area contributed by atoms with Crippen LogP contribution >= 0.6 is 0 Å². The van der Waals surface area contributed by atoms with Crippen LogP contribution < -0.4 is 18.9 Å².